The molecule has 0 fully saturated rings. The van der Waals surface area contributed by atoms with Gasteiger partial charge in [-0.2, -0.15) is 0 Å². The first-order valence-corrected chi connectivity index (χ1v) is 9.35. The highest BCUT2D eigenvalue weighted by Gasteiger charge is 2.18. The molecule has 3 rings (SSSR count). The number of nitrogens with zero attached hydrogens (tertiary/aromatic N) is 1. The van der Waals surface area contributed by atoms with E-state index in [4.69, 9.17) is 5.11 Å². The highest BCUT2D eigenvalue weighted by Crippen LogP contribution is 2.19. The Morgan fingerprint density at radius 3 is 1.93 bits per heavy atom. The average Bonchev–Trinajstić information content (AvgIpc) is 2.71. The fraction of sp³-hybridized carbons (Fsp3) is 0.174. The number of aromatic carboxylic acids is 2. The van der Waals surface area contributed by atoms with Crippen molar-refractivity contribution in [1.82, 2.24) is 4.90 Å². The van der Waals surface area contributed by atoms with Crippen LogP contribution in [0, 0.1) is 0 Å². The molecule has 0 aliphatic carbocycles. The molecule has 0 saturated heterocycles. The summed E-state index contributed by atoms with van der Waals surface area (Å²) in [5.41, 5.74) is 1.03. The maximum atomic E-state index is 11.4. The average molecular weight is 407 g/mol. The summed E-state index contributed by atoms with van der Waals surface area (Å²) in [4.78, 5) is 35.7. The van der Waals surface area contributed by atoms with Crippen LogP contribution in [0.4, 0.5) is 0 Å². The zero-order valence-electron chi connectivity index (χ0n) is 16.1. The van der Waals surface area contributed by atoms with Crippen molar-refractivity contribution in [2.75, 3.05) is 6.54 Å². The van der Waals surface area contributed by atoms with E-state index in [-0.39, 0.29) is 24.1 Å². The molecule has 0 radical (unpaired) electrons. The highest BCUT2D eigenvalue weighted by atomic mass is 16.4. The minimum atomic E-state index is -1.32. The molecule has 154 valence electrons. The molecular formula is C23H21NO6. The number of carboxylic acids is 3. The van der Waals surface area contributed by atoms with Gasteiger partial charge >= 0.3 is 17.9 Å². The molecule has 0 aliphatic rings. The zero-order chi connectivity index (χ0) is 21.7. The lowest BCUT2D eigenvalue weighted by atomic mass is 10.0. The fourth-order valence-electron chi connectivity index (χ4n) is 3.37. The van der Waals surface area contributed by atoms with E-state index in [0.717, 1.165) is 16.3 Å². The van der Waals surface area contributed by atoms with Gasteiger partial charge in [-0.3, -0.25) is 9.69 Å². The lowest BCUT2D eigenvalue weighted by Crippen LogP contribution is -2.26. The zero-order valence-corrected chi connectivity index (χ0v) is 16.1. The smallest absolute Gasteiger partial charge is 0.336 e. The second-order valence-electron chi connectivity index (χ2n) is 7.03. The van der Waals surface area contributed by atoms with Crippen molar-refractivity contribution in [3.05, 3.63) is 82.9 Å². The number of fused-ring (bicyclic) bond motifs is 1. The van der Waals surface area contributed by atoms with Gasteiger partial charge in [0.15, 0.2) is 0 Å². The Morgan fingerprint density at radius 2 is 1.30 bits per heavy atom. The summed E-state index contributed by atoms with van der Waals surface area (Å²) in [7, 11) is 0. The van der Waals surface area contributed by atoms with Crippen molar-refractivity contribution < 1.29 is 29.7 Å². The van der Waals surface area contributed by atoms with Gasteiger partial charge in [-0.15, -0.1) is 0 Å². The van der Waals surface area contributed by atoms with Crippen LogP contribution in [0.2, 0.25) is 0 Å². The number of carboxylic acid groups (broad SMARTS) is 3. The molecule has 7 nitrogen and oxygen atoms in total. The predicted octanol–water partition coefficient (Wildman–Crippen LogP) is 3.71. The first-order chi connectivity index (χ1) is 14.3. The summed E-state index contributed by atoms with van der Waals surface area (Å²) in [6.07, 6.45) is -0.0629. The van der Waals surface area contributed by atoms with Crippen LogP contribution in [-0.4, -0.2) is 44.7 Å². The van der Waals surface area contributed by atoms with Gasteiger partial charge < -0.3 is 15.3 Å². The van der Waals surface area contributed by atoms with Crippen molar-refractivity contribution >= 4 is 28.7 Å². The highest BCUT2D eigenvalue weighted by molar-refractivity contribution is 6.01. The molecule has 3 aromatic rings. The van der Waals surface area contributed by atoms with Crippen LogP contribution in [0.25, 0.3) is 10.8 Å². The van der Waals surface area contributed by atoms with Crippen LogP contribution >= 0.6 is 0 Å². The summed E-state index contributed by atoms with van der Waals surface area (Å²) in [6.45, 7) is 1.03. The quantitative estimate of drug-likeness (QED) is 0.495. The van der Waals surface area contributed by atoms with Crippen LogP contribution < -0.4 is 0 Å². The second-order valence-corrected chi connectivity index (χ2v) is 7.03. The van der Waals surface area contributed by atoms with Gasteiger partial charge in [-0.05, 0) is 40.1 Å². The van der Waals surface area contributed by atoms with Gasteiger partial charge in [0.2, 0.25) is 0 Å². The van der Waals surface area contributed by atoms with E-state index in [9.17, 15) is 24.6 Å². The molecule has 0 unspecified atom stereocenters. The Hall–Kier alpha value is -3.71. The molecule has 0 saturated carbocycles. The molecule has 3 N–H and O–H groups in total. The predicted molar refractivity (Wildman–Crippen MR) is 111 cm³/mol. The third-order valence-electron chi connectivity index (χ3n) is 4.81. The SMILES string of the molecule is O=C(O)CCN(Cc1ccc(C(=O)O)c(C(=O)O)c1)Cc1ccc2ccccc2c1. The first kappa shape index (κ1) is 21.0. The van der Waals surface area contributed by atoms with Gasteiger partial charge in [0.1, 0.15) is 0 Å². The van der Waals surface area contributed by atoms with Crippen molar-refractivity contribution in [3.63, 3.8) is 0 Å². The van der Waals surface area contributed by atoms with Gasteiger partial charge in [-0.1, -0.05) is 42.5 Å². The molecule has 0 bridgehead atoms. The summed E-state index contributed by atoms with van der Waals surface area (Å²) in [5, 5.41) is 29.8. The molecule has 0 aliphatic heterocycles. The van der Waals surface area contributed by atoms with Crippen LogP contribution in [0.5, 0.6) is 0 Å². The molecule has 0 aromatic heterocycles. The Kier molecular flexibility index (Phi) is 6.44. The minimum Gasteiger partial charge on any atom is -0.481 e. The van der Waals surface area contributed by atoms with Gasteiger partial charge in [0.05, 0.1) is 17.5 Å². The van der Waals surface area contributed by atoms with Crippen molar-refractivity contribution in [2.24, 2.45) is 0 Å². The standard InChI is InChI=1S/C23H21NO6/c25-21(26)9-10-24(13-15-5-7-17-3-1-2-4-18(17)11-15)14-16-6-8-19(22(27)28)20(12-16)23(29)30/h1-8,11-12H,9-10,13-14H2,(H,25,26)(H,27,28)(H,29,30). The maximum Gasteiger partial charge on any atom is 0.336 e. The molecule has 7 heteroatoms. The number of hydrogen-bond donors (Lipinski definition) is 3. The van der Waals surface area contributed by atoms with Crippen molar-refractivity contribution in [2.45, 2.75) is 19.5 Å². The van der Waals surface area contributed by atoms with E-state index in [1.807, 2.05) is 47.4 Å². The Balaban J connectivity index is 1.86. The molecule has 0 amide bonds. The van der Waals surface area contributed by atoms with Crippen LogP contribution in [0.1, 0.15) is 38.3 Å². The molecule has 0 heterocycles. The molecule has 0 spiro atoms. The van der Waals surface area contributed by atoms with Crippen LogP contribution in [0.3, 0.4) is 0 Å². The third kappa shape index (κ3) is 5.21. The van der Waals surface area contributed by atoms with E-state index >= 15 is 0 Å². The van der Waals surface area contributed by atoms with E-state index in [0.29, 0.717) is 18.7 Å². The molecule has 30 heavy (non-hydrogen) atoms. The molecular weight excluding hydrogens is 386 g/mol. The first-order valence-electron chi connectivity index (χ1n) is 9.35. The monoisotopic (exact) mass is 407 g/mol. The van der Waals surface area contributed by atoms with Crippen LogP contribution in [0.15, 0.2) is 60.7 Å². The number of hydrogen-bond acceptors (Lipinski definition) is 4. The van der Waals surface area contributed by atoms with Gasteiger partial charge in [0, 0.05) is 19.6 Å². The van der Waals surface area contributed by atoms with E-state index < -0.39 is 17.9 Å². The van der Waals surface area contributed by atoms with E-state index in [1.54, 1.807) is 6.07 Å². The Bertz CT molecular complexity index is 1110. The largest absolute Gasteiger partial charge is 0.481 e. The number of benzene rings is 3. The second kappa shape index (κ2) is 9.19. The lowest BCUT2D eigenvalue weighted by molar-refractivity contribution is -0.137. The summed E-state index contributed by atoms with van der Waals surface area (Å²) < 4.78 is 0. The Labute approximate surface area is 172 Å². The van der Waals surface area contributed by atoms with E-state index in [2.05, 4.69) is 0 Å². The number of aliphatic carboxylic acids is 1. The normalized spacial score (nSPS) is 11.0. The van der Waals surface area contributed by atoms with Gasteiger partial charge in [0.25, 0.3) is 0 Å². The van der Waals surface area contributed by atoms with Crippen molar-refractivity contribution in [1.29, 1.82) is 0 Å². The summed E-state index contributed by atoms with van der Waals surface area (Å²) in [6, 6.07) is 18.1. The minimum absolute atomic E-state index is 0.0629. The summed E-state index contributed by atoms with van der Waals surface area (Å²) >= 11 is 0. The van der Waals surface area contributed by atoms with Gasteiger partial charge in [-0.25, -0.2) is 9.59 Å². The topological polar surface area (TPSA) is 115 Å². The van der Waals surface area contributed by atoms with Crippen molar-refractivity contribution in [3.8, 4) is 0 Å². The fourth-order valence-corrected chi connectivity index (χ4v) is 3.37. The molecule has 3 aromatic carbocycles. The lowest BCUT2D eigenvalue weighted by Gasteiger charge is -2.22. The third-order valence-corrected chi connectivity index (χ3v) is 4.81. The number of rotatable bonds is 9. The molecule has 0 atom stereocenters. The number of carbonyl (C=O) groups is 3. The summed E-state index contributed by atoms with van der Waals surface area (Å²) in [5.74, 6) is -3.55. The van der Waals surface area contributed by atoms with Crippen LogP contribution in [-0.2, 0) is 17.9 Å². The maximum absolute atomic E-state index is 11.4. The Morgan fingerprint density at radius 1 is 0.700 bits per heavy atom. The van der Waals surface area contributed by atoms with E-state index in [1.165, 1.54) is 12.1 Å².